The van der Waals surface area contributed by atoms with Crippen LogP contribution in [0.15, 0.2) is 63.8 Å². The van der Waals surface area contributed by atoms with E-state index in [2.05, 4.69) is 20.0 Å². The second kappa shape index (κ2) is 27.4. The van der Waals surface area contributed by atoms with Crippen molar-refractivity contribution in [2.45, 2.75) is 19.4 Å². The van der Waals surface area contributed by atoms with Crippen molar-refractivity contribution < 1.29 is 80.4 Å². The zero-order valence-electron chi connectivity index (χ0n) is 46.3. The number of hydrogen-bond donors (Lipinski definition) is 1. The third-order valence-electron chi connectivity index (χ3n) is 13.8. The molecule has 2 aliphatic heterocycles. The highest BCUT2D eigenvalue weighted by atomic mass is 16.6. The van der Waals surface area contributed by atoms with Gasteiger partial charge in [-0.15, -0.1) is 0 Å². The van der Waals surface area contributed by atoms with Crippen LogP contribution in [-0.2, 0) is 20.6 Å². The molecule has 1 unspecified atom stereocenters. The first-order valence-corrected chi connectivity index (χ1v) is 25.4. The third kappa shape index (κ3) is 14.1. The van der Waals surface area contributed by atoms with Crippen molar-refractivity contribution in [3.8, 4) is 51.7 Å². The molecule has 2 aliphatic rings. The van der Waals surface area contributed by atoms with E-state index in [1.165, 1.54) is 100 Å². The summed E-state index contributed by atoms with van der Waals surface area (Å²) in [5, 5.41) is 3.57. The number of nitrogens with one attached hydrogen (secondary N) is 1. The Hall–Kier alpha value is -8.15. The van der Waals surface area contributed by atoms with Crippen molar-refractivity contribution in [3.05, 3.63) is 92.8 Å². The molecular weight excluding hydrogens is 1030 g/mol. The number of hydrogen-bond acceptors (Lipinski definition) is 21. The first-order valence-electron chi connectivity index (χ1n) is 25.4. The summed E-state index contributed by atoms with van der Waals surface area (Å²) in [4.78, 5) is 75.5. The van der Waals surface area contributed by atoms with E-state index in [1.807, 2.05) is 6.92 Å². The molecule has 79 heavy (non-hydrogen) atoms. The summed E-state index contributed by atoms with van der Waals surface area (Å²) in [6, 6.07) is 14.0. The predicted molar refractivity (Wildman–Crippen MR) is 289 cm³/mol. The van der Waals surface area contributed by atoms with Gasteiger partial charge in [-0.2, -0.15) is 0 Å². The van der Waals surface area contributed by atoms with Crippen LogP contribution in [-0.4, -0.2) is 199 Å². The van der Waals surface area contributed by atoms with Crippen LogP contribution in [0.1, 0.15) is 42.2 Å². The Morgan fingerprint density at radius 3 is 1.35 bits per heavy atom. The second-order valence-electron chi connectivity index (χ2n) is 18.4. The number of anilines is 1. The molecule has 426 valence electrons. The van der Waals surface area contributed by atoms with Crippen LogP contribution >= 0.6 is 0 Å². The molecule has 1 aromatic heterocycles. The highest BCUT2D eigenvalue weighted by molar-refractivity contribution is 5.94. The van der Waals surface area contributed by atoms with Crippen molar-refractivity contribution in [2.75, 3.05) is 155 Å². The normalized spacial score (nSPS) is 14.4. The minimum Gasteiger partial charge on any atom is -0.493 e. The van der Waals surface area contributed by atoms with Crippen LogP contribution in [0.2, 0.25) is 0 Å². The summed E-state index contributed by atoms with van der Waals surface area (Å²) >= 11 is 0. The van der Waals surface area contributed by atoms with E-state index in [-0.39, 0.29) is 66.0 Å². The Balaban J connectivity index is 0.968. The van der Waals surface area contributed by atoms with Gasteiger partial charge in [0.1, 0.15) is 24.9 Å². The highest BCUT2D eigenvalue weighted by Gasteiger charge is 2.29. The minimum atomic E-state index is -0.820. The summed E-state index contributed by atoms with van der Waals surface area (Å²) in [6.45, 7) is 7.69. The van der Waals surface area contributed by atoms with Crippen LogP contribution in [0.4, 0.5) is 10.5 Å². The maximum atomic E-state index is 14.0. The van der Waals surface area contributed by atoms with Gasteiger partial charge in [0.15, 0.2) is 34.5 Å². The number of piperazine rings is 2. The summed E-state index contributed by atoms with van der Waals surface area (Å²) in [6.07, 6.45) is -0.795. The Morgan fingerprint density at radius 2 is 0.937 bits per heavy atom. The highest BCUT2D eigenvalue weighted by Crippen LogP contribution is 2.41. The third-order valence-corrected chi connectivity index (χ3v) is 13.8. The maximum Gasteiger partial charge on any atom is 0.339 e. The molecule has 1 atom stereocenters. The monoisotopic (exact) mass is 1100 g/mol. The lowest BCUT2D eigenvalue weighted by Gasteiger charge is -2.36. The van der Waals surface area contributed by atoms with Crippen molar-refractivity contribution >= 4 is 40.6 Å². The Bertz CT molecular complexity index is 2950. The first-order chi connectivity index (χ1) is 38.2. The van der Waals surface area contributed by atoms with Crippen LogP contribution in [0, 0.1) is 6.92 Å². The summed E-state index contributed by atoms with van der Waals surface area (Å²) in [5.41, 5.74) is 1.71. The van der Waals surface area contributed by atoms with Crippen LogP contribution in [0.5, 0.6) is 51.7 Å². The average Bonchev–Trinajstić information content (AvgIpc) is 3.51. The Morgan fingerprint density at radius 1 is 0.532 bits per heavy atom. The molecule has 4 aromatic carbocycles. The molecule has 23 nitrogen and oxygen atoms in total. The molecule has 0 aliphatic carbocycles. The van der Waals surface area contributed by atoms with Gasteiger partial charge in [0, 0.05) is 101 Å². The van der Waals surface area contributed by atoms with E-state index >= 15 is 0 Å². The molecule has 0 bridgehead atoms. The molecule has 5 aromatic rings. The number of urea groups is 1. The van der Waals surface area contributed by atoms with E-state index in [0.717, 1.165) is 0 Å². The minimum absolute atomic E-state index is 0.0252. The predicted octanol–water partition coefficient (Wildman–Crippen LogP) is 5.43. The lowest BCUT2D eigenvalue weighted by molar-refractivity contribution is 0.0118. The van der Waals surface area contributed by atoms with Gasteiger partial charge in [0.25, 0.3) is 0 Å². The SMILES string of the molecule is COc1cc(C(=O)OCCN2CCN(CC(Cc3c(C)c4ccc(NC(=O)N5CCN(CCOC(=O)c6cc(OC)c(OC)c(OC)c6)CC5)cc4oc3=O)OC(=O)c3cc(OC)c(OC)c(OC)c3)CC2)cc(OC)c1OC. The Kier molecular flexibility index (Phi) is 20.3. The second-order valence-corrected chi connectivity index (χ2v) is 18.4. The number of fused-ring (bicyclic) bond motifs is 1. The number of carbonyl (C=O) groups excluding carboxylic acids is 4. The van der Waals surface area contributed by atoms with E-state index in [1.54, 1.807) is 23.1 Å². The molecule has 23 heteroatoms. The molecule has 0 radical (unpaired) electrons. The van der Waals surface area contributed by atoms with E-state index in [9.17, 15) is 24.0 Å². The fourth-order valence-corrected chi connectivity index (χ4v) is 9.46. The fraction of sp³-hybridized carbons (Fsp3) is 0.446. The number of aryl methyl sites for hydroxylation is 1. The van der Waals surface area contributed by atoms with Gasteiger partial charge in [0.05, 0.1) is 80.7 Å². The standard InChI is InChI=1S/C56H69N5O18/c1-34-40-12-11-38(57-56(66)61-19-17-59(18-20-61)22-24-77-53(63)36-27-45(69-4)50(74-9)46(28-36)70-5)31-42(40)79-55(65)41(34)32-39(78-54(64)37-29-47(71-6)51(75-10)48(30-37)72-7)33-60-15-13-58(14-16-60)21-23-76-52(62)35-25-43(67-2)49(73-8)44(26-35)68-3/h11-12,25-31,39H,13-24,32-33H2,1-10H3,(H,57,66). The zero-order chi connectivity index (χ0) is 56.8. The van der Waals surface area contributed by atoms with Gasteiger partial charge in [0.2, 0.25) is 17.2 Å². The largest absolute Gasteiger partial charge is 0.493 e. The Labute approximate surface area is 457 Å². The van der Waals surface area contributed by atoms with Gasteiger partial charge in [-0.05, 0) is 61.0 Å². The lowest BCUT2D eigenvalue weighted by Crippen LogP contribution is -2.50. The van der Waals surface area contributed by atoms with Gasteiger partial charge < -0.3 is 71.5 Å². The summed E-state index contributed by atoms with van der Waals surface area (Å²) < 4.78 is 72.0. The van der Waals surface area contributed by atoms with Gasteiger partial charge in [-0.3, -0.25) is 14.7 Å². The fourth-order valence-electron chi connectivity index (χ4n) is 9.46. The van der Waals surface area contributed by atoms with Crippen LogP contribution < -0.4 is 53.6 Å². The van der Waals surface area contributed by atoms with Crippen molar-refractivity contribution in [1.29, 1.82) is 0 Å². The zero-order valence-corrected chi connectivity index (χ0v) is 46.3. The first kappa shape index (κ1) is 58.5. The molecule has 2 fully saturated rings. The van der Waals surface area contributed by atoms with Crippen molar-refractivity contribution in [2.24, 2.45) is 0 Å². The molecular formula is C56H69N5O18. The number of esters is 3. The van der Waals surface area contributed by atoms with Crippen LogP contribution in [0.3, 0.4) is 0 Å². The van der Waals surface area contributed by atoms with Crippen molar-refractivity contribution in [3.63, 3.8) is 0 Å². The number of nitrogens with zero attached hydrogens (tertiary/aromatic N) is 4. The van der Waals surface area contributed by atoms with Gasteiger partial charge in [-0.25, -0.2) is 24.0 Å². The number of carbonyl (C=O) groups is 4. The number of amides is 2. The number of methoxy groups -OCH3 is 9. The number of rotatable bonds is 24. The molecule has 0 saturated carbocycles. The lowest BCUT2D eigenvalue weighted by atomic mass is 10.00. The number of benzene rings is 4. The summed E-state index contributed by atoms with van der Waals surface area (Å²) in [7, 11) is 13.2. The molecule has 2 amide bonds. The van der Waals surface area contributed by atoms with E-state index in [4.69, 9.17) is 61.3 Å². The topological polar surface area (TPSA) is 234 Å². The van der Waals surface area contributed by atoms with E-state index < -0.39 is 29.6 Å². The smallest absolute Gasteiger partial charge is 0.339 e. The van der Waals surface area contributed by atoms with Gasteiger partial charge >= 0.3 is 29.6 Å². The van der Waals surface area contributed by atoms with Crippen LogP contribution in [0.25, 0.3) is 11.0 Å². The molecule has 7 rings (SSSR count). The molecule has 2 saturated heterocycles. The quantitative estimate of drug-likeness (QED) is 0.0461. The van der Waals surface area contributed by atoms with Crippen molar-refractivity contribution in [1.82, 2.24) is 19.6 Å². The molecule has 3 heterocycles. The maximum absolute atomic E-state index is 14.0. The van der Waals surface area contributed by atoms with Gasteiger partial charge in [-0.1, -0.05) is 0 Å². The summed E-state index contributed by atoms with van der Waals surface area (Å²) in [5.74, 6) is 1.17. The molecule has 0 spiro atoms. The van der Waals surface area contributed by atoms with E-state index in [0.29, 0.717) is 128 Å². The average molecular weight is 1100 g/mol. The molecule has 1 N–H and O–H groups in total. The number of ether oxygens (including phenoxy) is 12.